The van der Waals surface area contributed by atoms with E-state index in [2.05, 4.69) is 107 Å². The Labute approximate surface area is 188 Å². The van der Waals surface area contributed by atoms with Crippen molar-refractivity contribution in [3.63, 3.8) is 0 Å². The molecule has 0 radical (unpaired) electrons. The van der Waals surface area contributed by atoms with Crippen molar-refractivity contribution in [2.75, 3.05) is 11.9 Å². The Hall–Kier alpha value is -2.68. The van der Waals surface area contributed by atoms with E-state index in [1.54, 1.807) is 0 Å². The molecule has 0 bridgehead atoms. The Morgan fingerprint density at radius 2 is 1.94 bits per heavy atom. The quantitative estimate of drug-likeness (QED) is 0.476. The molecule has 0 fully saturated rings. The van der Waals surface area contributed by atoms with Crippen LogP contribution in [0.25, 0.3) is 16.5 Å². The molecular formula is C28H39N3. The molecule has 3 heteroatoms. The van der Waals surface area contributed by atoms with E-state index >= 15 is 0 Å². The second-order valence-corrected chi connectivity index (χ2v) is 9.53. The van der Waals surface area contributed by atoms with Crippen LogP contribution in [0, 0.1) is 5.92 Å². The van der Waals surface area contributed by atoms with E-state index in [0.29, 0.717) is 11.8 Å². The minimum absolute atomic E-state index is 0.200. The zero-order chi connectivity index (χ0) is 22.9. The number of aromatic amines is 1. The number of hydrogen-bond acceptors (Lipinski definition) is 2. The summed E-state index contributed by atoms with van der Waals surface area (Å²) in [5.41, 5.74) is 9.89. The molecule has 1 aromatic carbocycles. The van der Waals surface area contributed by atoms with Crippen LogP contribution in [0.2, 0.25) is 0 Å². The summed E-state index contributed by atoms with van der Waals surface area (Å²) in [6.45, 7) is 21.8. The number of benzene rings is 1. The summed E-state index contributed by atoms with van der Waals surface area (Å²) in [6.07, 6.45) is 8.71. The summed E-state index contributed by atoms with van der Waals surface area (Å²) >= 11 is 0. The van der Waals surface area contributed by atoms with E-state index in [1.165, 1.54) is 38.9 Å². The number of nitrogens with zero attached hydrogens (tertiary/aromatic N) is 1. The van der Waals surface area contributed by atoms with E-state index in [-0.39, 0.29) is 6.04 Å². The van der Waals surface area contributed by atoms with Crippen LogP contribution < -0.4 is 10.2 Å². The average Bonchev–Trinajstić information content (AvgIpc) is 3.14. The molecule has 1 aliphatic rings. The molecule has 3 rings (SSSR count). The fourth-order valence-corrected chi connectivity index (χ4v) is 4.95. The predicted octanol–water partition coefficient (Wildman–Crippen LogP) is 7.51. The maximum absolute atomic E-state index is 4.40. The molecular weight excluding hydrogens is 378 g/mol. The zero-order valence-corrected chi connectivity index (χ0v) is 20.4. The highest BCUT2D eigenvalue weighted by Crippen LogP contribution is 2.41. The Morgan fingerprint density at radius 3 is 2.55 bits per heavy atom. The fraction of sp³-hybridized carbons (Fsp3) is 0.429. The second kappa shape index (κ2) is 9.21. The Kier molecular flexibility index (Phi) is 6.83. The fourth-order valence-electron chi connectivity index (χ4n) is 4.95. The summed E-state index contributed by atoms with van der Waals surface area (Å²) in [4.78, 5) is 6.02. The highest BCUT2D eigenvalue weighted by atomic mass is 15.2. The van der Waals surface area contributed by atoms with Crippen molar-refractivity contribution < 1.29 is 0 Å². The first kappa shape index (κ1) is 23.0. The lowest BCUT2D eigenvalue weighted by Crippen LogP contribution is -2.41. The van der Waals surface area contributed by atoms with Crippen LogP contribution in [-0.4, -0.2) is 18.1 Å². The first-order valence-electron chi connectivity index (χ1n) is 11.4. The predicted molar refractivity (Wildman–Crippen MR) is 137 cm³/mol. The van der Waals surface area contributed by atoms with Crippen molar-refractivity contribution in [3.05, 3.63) is 71.7 Å². The number of nitrogens with one attached hydrogen (secondary N) is 2. The molecule has 1 aliphatic heterocycles. The van der Waals surface area contributed by atoms with Crippen molar-refractivity contribution in [2.24, 2.45) is 5.92 Å². The third-order valence-corrected chi connectivity index (χ3v) is 6.66. The summed E-state index contributed by atoms with van der Waals surface area (Å²) < 4.78 is 0. The third kappa shape index (κ3) is 4.37. The van der Waals surface area contributed by atoms with Crippen molar-refractivity contribution >= 4 is 22.2 Å². The number of hydrogen-bond donors (Lipinski definition) is 2. The molecule has 31 heavy (non-hydrogen) atoms. The summed E-state index contributed by atoms with van der Waals surface area (Å²) in [6, 6.07) is 4.79. The molecule has 0 saturated carbocycles. The second-order valence-electron chi connectivity index (χ2n) is 9.53. The van der Waals surface area contributed by atoms with Gasteiger partial charge in [0.15, 0.2) is 0 Å². The first-order valence-corrected chi connectivity index (χ1v) is 11.4. The highest BCUT2D eigenvalue weighted by molar-refractivity contribution is 6.03. The largest absolute Gasteiger partial charge is 0.365 e. The minimum Gasteiger partial charge on any atom is -0.365 e. The normalized spacial score (nSPS) is 20.2. The molecule has 2 heterocycles. The van der Waals surface area contributed by atoms with Gasteiger partial charge in [-0.15, -0.1) is 6.58 Å². The van der Waals surface area contributed by atoms with E-state index in [0.717, 1.165) is 24.2 Å². The molecule has 166 valence electrons. The lowest BCUT2D eigenvalue weighted by atomic mass is 9.90. The SMILES string of the molecule is C=CC(CCC=C(C)C)c1ccc2c3c(c[nH]c13)/C(C)=C(/C)NC(=C)C(C(C)C)N2C. The van der Waals surface area contributed by atoms with Gasteiger partial charge in [-0.1, -0.05) is 44.2 Å². The van der Waals surface area contributed by atoms with Gasteiger partial charge in [-0.25, -0.2) is 0 Å². The Balaban J connectivity index is 2.22. The monoisotopic (exact) mass is 417 g/mol. The summed E-state index contributed by atoms with van der Waals surface area (Å²) in [5, 5.41) is 4.89. The number of aromatic nitrogens is 1. The molecule has 2 aromatic rings. The summed E-state index contributed by atoms with van der Waals surface area (Å²) in [7, 11) is 2.19. The molecule has 0 amide bonds. The molecule has 0 aliphatic carbocycles. The van der Waals surface area contributed by atoms with Crippen molar-refractivity contribution in [1.82, 2.24) is 10.3 Å². The first-order chi connectivity index (χ1) is 14.7. The maximum atomic E-state index is 4.40. The van der Waals surface area contributed by atoms with Gasteiger partial charge in [-0.2, -0.15) is 0 Å². The summed E-state index contributed by atoms with van der Waals surface area (Å²) in [5.74, 6) is 0.742. The van der Waals surface area contributed by atoms with Crippen LogP contribution >= 0.6 is 0 Å². The van der Waals surface area contributed by atoms with Gasteiger partial charge in [0, 0.05) is 47.2 Å². The van der Waals surface area contributed by atoms with Crippen LogP contribution in [-0.2, 0) is 0 Å². The molecule has 0 saturated heterocycles. The maximum Gasteiger partial charge on any atom is 0.0705 e. The number of allylic oxidation sites excluding steroid dienone is 5. The lowest BCUT2D eigenvalue weighted by Gasteiger charge is -2.35. The molecule has 2 N–H and O–H groups in total. The number of rotatable bonds is 6. The van der Waals surface area contributed by atoms with Gasteiger partial charge >= 0.3 is 0 Å². The highest BCUT2D eigenvalue weighted by Gasteiger charge is 2.28. The van der Waals surface area contributed by atoms with E-state index in [9.17, 15) is 0 Å². The average molecular weight is 418 g/mol. The smallest absolute Gasteiger partial charge is 0.0705 e. The van der Waals surface area contributed by atoms with Gasteiger partial charge in [0.05, 0.1) is 11.6 Å². The molecule has 3 nitrogen and oxygen atoms in total. The number of H-pyrrole nitrogens is 1. The van der Waals surface area contributed by atoms with Gasteiger partial charge in [0.2, 0.25) is 0 Å². The van der Waals surface area contributed by atoms with Crippen LogP contribution in [0.1, 0.15) is 71.4 Å². The minimum atomic E-state index is 0.200. The van der Waals surface area contributed by atoms with Crippen molar-refractivity contribution in [3.8, 4) is 0 Å². The lowest BCUT2D eigenvalue weighted by molar-refractivity contribution is 0.509. The standard InChI is InChI=1S/C28H39N3/c1-10-22(13-11-12-17(2)3)23-14-15-25-26-24(16-29-27(23)26)19(6)20(7)30-21(8)28(18(4)5)31(25)9/h10,12,14-16,18,22,28-30H,1,8,11,13H2,2-7,9H3/b20-19-. The van der Waals surface area contributed by atoms with E-state index in [4.69, 9.17) is 0 Å². The van der Waals surface area contributed by atoms with Gasteiger partial charge in [0.25, 0.3) is 0 Å². The molecule has 2 unspecified atom stereocenters. The van der Waals surface area contributed by atoms with Gasteiger partial charge < -0.3 is 15.2 Å². The molecule has 0 spiro atoms. The molecule has 2 atom stereocenters. The van der Waals surface area contributed by atoms with Crippen molar-refractivity contribution in [2.45, 2.75) is 66.3 Å². The number of anilines is 1. The Morgan fingerprint density at radius 1 is 1.23 bits per heavy atom. The van der Waals surface area contributed by atoms with Crippen LogP contribution in [0.5, 0.6) is 0 Å². The van der Waals surface area contributed by atoms with Crippen molar-refractivity contribution in [1.29, 1.82) is 0 Å². The van der Waals surface area contributed by atoms with Crippen LogP contribution in [0.15, 0.2) is 60.6 Å². The molecule has 1 aromatic heterocycles. The van der Waals surface area contributed by atoms with E-state index < -0.39 is 0 Å². The third-order valence-electron chi connectivity index (χ3n) is 6.66. The van der Waals surface area contributed by atoms with Gasteiger partial charge in [-0.3, -0.25) is 0 Å². The van der Waals surface area contributed by atoms with E-state index in [1.807, 2.05) is 0 Å². The van der Waals surface area contributed by atoms with Gasteiger partial charge in [-0.05, 0) is 63.7 Å². The topological polar surface area (TPSA) is 31.1 Å². The van der Waals surface area contributed by atoms with Crippen LogP contribution in [0.4, 0.5) is 5.69 Å². The Bertz CT molecular complexity index is 1040. The zero-order valence-electron chi connectivity index (χ0n) is 20.4. The van der Waals surface area contributed by atoms with Crippen LogP contribution in [0.3, 0.4) is 0 Å². The van der Waals surface area contributed by atoms with Gasteiger partial charge in [0.1, 0.15) is 0 Å². The number of likely N-dealkylation sites (N-methyl/N-ethyl adjacent to an activating group) is 1.